The van der Waals surface area contributed by atoms with Gasteiger partial charge in [0.2, 0.25) is 0 Å². The number of esters is 1. The van der Waals surface area contributed by atoms with Crippen LogP contribution in [0.25, 0.3) is 0 Å². The van der Waals surface area contributed by atoms with E-state index in [1.54, 1.807) is 13.8 Å². The Kier molecular flexibility index (Phi) is 7.15. The Bertz CT molecular complexity index is 723. The van der Waals surface area contributed by atoms with E-state index in [9.17, 15) is 19.8 Å². The summed E-state index contributed by atoms with van der Waals surface area (Å²) in [5.74, 6) is -3.08. The molecule has 0 aromatic heterocycles. The minimum absolute atomic E-state index is 0.0213. The predicted molar refractivity (Wildman–Crippen MR) is 116 cm³/mol. The average Bonchev–Trinajstić information content (AvgIpc) is 3.22. The lowest BCUT2D eigenvalue weighted by molar-refractivity contribution is -0.165. The third kappa shape index (κ3) is 5.20. The Morgan fingerprint density at radius 2 is 1.69 bits per heavy atom. The lowest BCUT2D eigenvalue weighted by Crippen LogP contribution is -2.47. The second kappa shape index (κ2) is 8.95. The van der Waals surface area contributed by atoms with Crippen molar-refractivity contribution in [3.63, 3.8) is 0 Å². The molecule has 0 radical (unpaired) electrons. The standard InChI is InChI=1S/C24H40O8/c1-8-15-17(26)10-19(27)29-11-13(2)20(28)14(3)16(25)9-18-23(6,30-18)12-24(7)21(15)31-22(4,5)32-24/h13-16,18,20-21,25,28H,8-12H2,1-7H3/t13-,14+,15+,16-,18-,20+,21-,23-,24?/m1/s1. The third-order valence-corrected chi connectivity index (χ3v) is 7.46. The number of Topliss-reactive ketones (excluding diaryl/α,β-unsaturated/α-hetero) is 1. The van der Waals surface area contributed by atoms with Gasteiger partial charge >= 0.3 is 5.97 Å². The fraction of sp³-hybridized carbons (Fsp3) is 0.917. The van der Waals surface area contributed by atoms with E-state index in [0.29, 0.717) is 19.3 Å². The summed E-state index contributed by atoms with van der Waals surface area (Å²) < 4.78 is 23.9. The Labute approximate surface area is 190 Å². The van der Waals surface area contributed by atoms with Crippen molar-refractivity contribution in [2.24, 2.45) is 17.8 Å². The van der Waals surface area contributed by atoms with Gasteiger partial charge in [-0.05, 0) is 34.1 Å². The van der Waals surface area contributed by atoms with Crippen LogP contribution in [-0.2, 0) is 28.5 Å². The van der Waals surface area contributed by atoms with Crippen LogP contribution in [0.2, 0.25) is 0 Å². The van der Waals surface area contributed by atoms with Crippen molar-refractivity contribution in [1.82, 2.24) is 0 Å². The second-order valence-corrected chi connectivity index (χ2v) is 10.9. The van der Waals surface area contributed by atoms with Gasteiger partial charge in [0, 0.05) is 30.6 Å². The van der Waals surface area contributed by atoms with Crippen LogP contribution in [0.4, 0.5) is 0 Å². The minimum atomic E-state index is -0.884. The Balaban J connectivity index is 1.90. The summed E-state index contributed by atoms with van der Waals surface area (Å²) in [5.41, 5.74) is -1.35. The molecule has 2 N–H and O–H groups in total. The molecule has 0 aromatic carbocycles. The first-order chi connectivity index (χ1) is 14.7. The van der Waals surface area contributed by atoms with Crippen molar-refractivity contribution in [2.45, 2.75) is 116 Å². The molecule has 0 aromatic rings. The summed E-state index contributed by atoms with van der Waals surface area (Å²) in [5, 5.41) is 21.4. The number of aliphatic hydroxyl groups excluding tert-OH is 2. The normalized spacial score (nSPS) is 48.0. The van der Waals surface area contributed by atoms with Gasteiger partial charge in [-0.2, -0.15) is 0 Å². The van der Waals surface area contributed by atoms with Gasteiger partial charge in [0.25, 0.3) is 0 Å². The first-order valence-corrected chi connectivity index (χ1v) is 11.8. The van der Waals surface area contributed by atoms with E-state index in [2.05, 4.69) is 0 Å². The van der Waals surface area contributed by atoms with Gasteiger partial charge in [0.05, 0.1) is 42.2 Å². The van der Waals surface area contributed by atoms with Crippen molar-refractivity contribution in [3.05, 3.63) is 0 Å². The number of cyclic esters (lactones) is 1. The highest BCUT2D eigenvalue weighted by molar-refractivity contribution is 5.97. The summed E-state index contributed by atoms with van der Waals surface area (Å²) in [4.78, 5) is 25.5. The zero-order valence-electron chi connectivity index (χ0n) is 20.4. The van der Waals surface area contributed by atoms with Crippen molar-refractivity contribution < 1.29 is 38.7 Å². The summed E-state index contributed by atoms with van der Waals surface area (Å²) >= 11 is 0. The summed E-state index contributed by atoms with van der Waals surface area (Å²) in [7, 11) is 0. The van der Waals surface area contributed by atoms with Crippen LogP contribution in [0.15, 0.2) is 0 Å². The molecule has 0 spiro atoms. The first kappa shape index (κ1) is 25.6. The minimum Gasteiger partial charge on any atom is -0.465 e. The summed E-state index contributed by atoms with van der Waals surface area (Å²) in [6, 6.07) is 0. The van der Waals surface area contributed by atoms with Crippen LogP contribution in [0.3, 0.4) is 0 Å². The highest BCUT2D eigenvalue weighted by Crippen LogP contribution is 2.52. The lowest BCUT2D eigenvalue weighted by Gasteiger charge is -2.34. The number of rotatable bonds is 1. The van der Waals surface area contributed by atoms with Crippen LogP contribution in [-0.4, -0.2) is 70.0 Å². The highest BCUT2D eigenvalue weighted by atomic mass is 16.8. The third-order valence-electron chi connectivity index (χ3n) is 7.46. The molecule has 3 fully saturated rings. The van der Waals surface area contributed by atoms with E-state index in [-0.39, 0.29) is 30.8 Å². The smallest absolute Gasteiger partial charge is 0.313 e. The van der Waals surface area contributed by atoms with Crippen LogP contribution in [0, 0.1) is 17.8 Å². The van der Waals surface area contributed by atoms with Crippen molar-refractivity contribution in [1.29, 1.82) is 0 Å². The maximum absolute atomic E-state index is 13.1. The fourth-order valence-corrected chi connectivity index (χ4v) is 5.60. The topological polar surface area (TPSA) is 115 Å². The monoisotopic (exact) mass is 456 g/mol. The van der Waals surface area contributed by atoms with Crippen molar-refractivity contribution in [2.75, 3.05) is 6.61 Å². The largest absolute Gasteiger partial charge is 0.465 e. The fourth-order valence-electron chi connectivity index (χ4n) is 5.60. The molecule has 0 saturated carbocycles. The SMILES string of the molecule is CC[C@H]1C(=O)CC(=O)OC[C@@H](C)[C@H](O)[C@@H](C)[C@H](O)C[C@H]2O[C@]2(C)CC2(C)OC(C)(C)O[C@H]12. The molecule has 3 aliphatic rings. The van der Waals surface area contributed by atoms with Gasteiger partial charge in [-0.25, -0.2) is 0 Å². The van der Waals surface area contributed by atoms with Gasteiger partial charge < -0.3 is 29.2 Å². The van der Waals surface area contributed by atoms with Crippen molar-refractivity contribution in [3.8, 4) is 0 Å². The van der Waals surface area contributed by atoms with Gasteiger partial charge in [0.1, 0.15) is 12.2 Å². The van der Waals surface area contributed by atoms with E-state index in [1.165, 1.54) is 0 Å². The molecule has 0 amide bonds. The van der Waals surface area contributed by atoms with Crippen molar-refractivity contribution >= 4 is 11.8 Å². The molecular formula is C24H40O8. The molecular weight excluding hydrogens is 416 g/mol. The number of ether oxygens (including phenoxy) is 4. The first-order valence-electron chi connectivity index (χ1n) is 11.8. The maximum Gasteiger partial charge on any atom is 0.313 e. The summed E-state index contributed by atoms with van der Waals surface area (Å²) in [6.07, 6.45) is -1.35. The highest BCUT2D eigenvalue weighted by Gasteiger charge is 2.62. The van der Waals surface area contributed by atoms with E-state index in [4.69, 9.17) is 18.9 Å². The quantitative estimate of drug-likeness (QED) is 0.351. The molecule has 3 heterocycles. The molecule has 0 bridgehead atoms. The van der Waals surface area contributed by atoms with Gasteiger partial charge in [-0.3, -0.25) is 9.59 Å². The van der Waals surface area contributed by atoms with Gasteiger partial charge in [0.15, 0.2) is 5.79 Å². The molecule has 9 atom stereocenters. The molecule has 3 saturated heterocycles. The Morgan fingerprint density at radius 3 is 2.31 bits per heavy atom. The molecule has 32 heavy (non-hydrogen) atoms. The number of ketones is 1. The molecule has 184 valence electrons. The van der Waals surface area contributed by atoms with Crippen LogP contribution >= 0.6 is 0 Å². The van der Waals surface area contributed by atoms with Gasteiger partial charge in [-0.15, -0.1) is 0 Å². The van der Waals surface area contributed by atoms with Gasteiger partial charge in [-0.1, -0.05) is 20.8 Å². The van der Waals surface area contributed by atoms with E-state index >= 15 is 0 Å². The average molecular weight is 457 g/mol. The number of aliphatic hydroxyl groups is 2. The molecule has 3 rings (SSSR count). The number of hydrogen-bond acceptors (Lipinski definition) is 8. The zero-order chi connectivity index (χ0) is 24.1. The maximum atomic E-state index is 13.1. The zero-order valence-corrected chi connectivity index (χ0v) is 20.4. The summed E-state index contributed by atoms with van der Waals surface area (Å²) in [6.45, 7) is 13.0. The van der Waals surface area contributed by atoms with Crippen LogP contribution < -0.4 is 0 Å². The molecule has 8 heteroatoms. The number of carbonyl (C=O) groups excluding carboxylic acids is 2. The number of fused-ring (bicyclic) bond motifs is 2. The van der Waals surface area contributed by atoms with E-state index in [0.717, 1.165) is 0 Å². The van der Waals surface area contributed by atoms with Crippen LogP contribution in [0.5, 0.6) is 0 Å². The number of epoxide rings is 1. The number of hydrogen-bond donors (Lipinski definition) is 2. The molecule has 3 aliphatic heterocycles. The van der Waals surface area contributed by atoms with E-state index in [1.807, 2.05) is 34.6 Å². The lowest BCUT2D eigenvalue weighted by atomic mass is 9.77. The van der Waals surface area contributed by atoms with Crippen LogP contribution in [0.1, 0.15) is 74.1 Å². The number of carbonyl (C=O) groups is 2. The molecule has 8 nitrogen and oxygen atoms in total. The Morgan fingerprint density at radius 1 is 1.03 bits per heavy atom. The molecule has 0 aliphatic carbocycles. The Hall–Kier alpha value is -1.06. The second-order valence-electron chi connectivity index (χ2n) is 10.9. The molecule has 1 unspecified atom stereocenters. The predicted octanol–water partition coefficient (Wildman–Crippen LogP) is 2.37. The van der Waals surface area contributed by atoms with E-state index < -0.39 is 53.1 Å².